The van der Waals surface area contributed by atoms with E-state index in [1.165, 1.54) is 11.3 Å². The van der Waals surface area contributed by atoms with Gasteiger partial charge in [-0.2, -0.15) is 0 Å². The second kappa shape index (κ2) is 7.02. The smallest absolute Gasteiger partial charge is 0.0642 e. The van der Waals surface area contributed by atoms with Gasteiger partial charge in [-0.1, -0.05) is 36.4 Å². The standard InChI is InChI=1S/C16H20NO/c1-2-3-4-5-6-15-7-9-16(10-8-15)17-11-13-18-14-12-17/h3-10H,1-2,11-14H2. The van der Waals surface area contributed by atoms with E-state index in [9.17, 15) is 0 Å². The lowest BCUT2D eigenvalue weighted by Crippen LogP contribution is -2.36. The molecule has 1 heterocycles. The summed E-state index contributed by atoms with van der Waals surface area (Å²) in [5.41, 5.74) is 2.50. The van der Waals surface area contributed by atoms with Crippen LogP contribution in [0.4, 0.5) is 5.69 Å². The van der Waals surface area contributed by atoms with Gasteiger partial charge < -0.3 is 9.64 Å². The number of benzene rings is 1. The molecule has 2 nitrogen and oxygen atoms in total. The second-order valence-electron chi connectivity index (χ2n) is 4.27. The quantitative estimate of drug-likeness (QED) is 0.751. The van der Waals surface area contributed by atoms with E-state index in [0.29, 0.717) is 0 Å². The number of nitrogens with zero attached hydrogens (tertiary/aromatic N) is 1. The lowest BCUT2D eigenvalue weighted by molar-refractivity contribution is 0.122. The van der Waals surface area contributed by atoms with Crippen LogP contribution in [0.25, 0.3) is 6.08 Å². The highest BCUT2D eigenvalue weighted by molar-refractivity contribution is 5.57. The Bertz CT molecular complexity index is 400. The Balaban J connectivity index is 1.96. The highest BCUT2D eigenvalue weighted by atomic mass is 16.5. The summed E-state index contributed by atoms with van der Waals surface area (Å²) in [5.74, 6) is 0. The molecule has 0 aromatic heterocycles. The number of allylic oxidation sites excluding steroid dienone is 3. The lowest BCUT2D eigenvalue weighted by Gasteiger charge is -2.28. The van der Waals surface area contributed by atoms with Gasteiger partial charge in [-0.3, -0.25) is 0 Å². The monoisotopic (exact) mass is 242 g/mol. The zero-order valence-electron chi connectivity index (χ0n) is 10.7. The molecule has 0 atom stereocenters. The van der Waals surface area contributed by atoms with Gasteiger partial charge in [-0.25, -0.2) is 0 Å². The van der Waals surface area contributed by atoms with E-state index in [2.05, 4.69) is 48.2 Å². The maximum atomic E-state index is 5.36. The van der Waals surface area contributed by atoms with Crippen molar-refractivity contribution in [2.24, 2.45) is 0 Å². The van der Waals surface area contributed by atoms with Crippen molar-refractivity contribution < 1.29 is 4.74 Å². The Kier molecular flexibility index (Phi) is 5.03. The second-order valence-corrected chi connectivity index (χ2v) is 4.27. The highest BCUT2D eigenvalue weighted by Crippen LogP contribution is 2.17. The average Bonchev–Trinajstić information content (AvgIpc) is 2.45. The van der Waals surface area contributed by atoms with Gasteiger partial charge in [0.05, 0.1) is 13.2 Å². The first kappa shape index (κ1) is 12.9. The molecule has 0 unspecified atom stereocenters. The normalized spacial score (nSPS) is 16.8. The summed E-state index contributed by atoms with van der Waals surface area (Å²) in [4.78, 5) is 2.36. The average molecular weight is 242 g/mol. The molecule has 1 radical (unpaired) electrons. The van der Waals surface area contributed by atoms with Gasteiger partial charge in [-0.05, 0) is 31.0 Å². The van der Waals surface area contributed by atoms with E-state index in [1.807, 2.05) is 12.2 Å². The number of rotatable bonds is 4. The molecule has 1 aliphatic rings. The highest BCUT2D eigenvalue weighted by Gasteiger charge is 2.10. The Morgan fingerprint density at radius 2 is 1.83 bits per heavy atom. The van der Waals surface area contributed by atoms with Crippen LogP contribution in [0.3, 0.4) is 0 Å². The number of ether oxygens (including phenoxy) is 1. The van der Waals surface area contributed by atoms with E-state index in [1.54, 1.807) is 0 Å². The molecule has 1 fully saturated rings. The van der Waals surface area contributed by atoms with Crippen molar-refractivity contribution in [2.75, 3.05) is 31.2 Å². The third-order valence-corrected chi connectivity index (χ3v) is 2.97. The third-order valence-electron chi connectivity index (χ3n) is 2.97. The summed E-state index contributed by atoms with van der Waals surface area (Å²) in [6.45, 7) is 7.39. The van der Waals surface area contributed by atoms with Crippen molar-refractivity contribution in [3.8, 4) is 0 Å². The molecule has 0 spiro atoms. The van der Waals surface area contributed by atoms with Crippen molar-refractivity contribution >= 4 is 11.8 Å². The van der Waals surface area contributed by atoms with Crippen LogP contribution in [0.5, 0.6) is 0 Å². The first-order valence-electron chi connectivity index (χ1n) is 6.45. The van der Waals surface area contributed by atoms with E-state index in [4.69, 9.17) is 4.74 Å². The summed E-state index contributed by atoms with van der Waals surface area (Å²) < 4.78 is 5.36. The molecular formula is C16H20NO. The zero-order chi connectivity index (χ0) is 12.6. The first-order chi connectivity index (χ1) is 8.90. The molecule has 1 saturated heterocycles. The summed E-state index contributed by atoms with van der Waals surface area (Å²) in [6, 6.07) is 8.66. The van der Waals surface area contributed by atoms with Crippen molar-refractivity contribution in [3.05, 3.63) is 55.0 Å². The van der Waals surface area contributed by atoms with Crippen LogP contribution in [0.1, 0.15) is 12.0 Å². The van der Waals surface area contributed by atoms with E-state index >= 15 is 0 Å². The van der Waals surface area contributed by atoms with E-state index in [0.717, 1.165) is 32.7 Å². The fraction of sp³-hybridized carbons (Fsp3) is 0.312. The van der Waals surface area contributed by atoms with Crippen LogP contribution >= 0.6 is 0 Å². The summed E-state index contributed by atoms with van der Waals surface area (Å²) in [7, 11) is 0. The van der Waals surface area contributed by atoms with E-state index < -0.39 is 0 Å². The van der Waals surface area contributed by atoms with Gasteiger partial charge in [-0.15, -0.1) is 0 Å². The molecule has 2 heteroatoms. The molecule has 1 aromatic rings. The van der Waals surface area contributed by atoms with Crippen LogP contribution in [-0.2, 0) is 4.74 Å². The summed E-state index contributed by atoms with van der Waals surface area (Å²) in [5, 5.41) is 0. The predicted octanol–water partition coefficient (Wildman–Crippen LogP) is 3.32. The van der Waals surface area contributed by atoms with Crippen molar-refractivity contribution in [2.45, 2.75) is 6.42 Å². The van der Waals surface area contributed by atoms with E-state index in [-0.39, 0.29) is 0 Å². The Morgan fingerprint density at radius 3 is 2.50 bits per heavy atom. The van der Waals surface area contributed by atoms with Gasteiger partial charge in [0.25, 0.3) is 0 Å². The summed E-state index contributed by atoms with van der Waals surface area (Å²) in [6.07, 6.45) is 9.06. The SMILES string of the molecule is [CH2]CC=CC=Cc1ccc(N2CCOCC2)cc1. The van der Waals surface area contributed by atoms with Gasteiger partial charge in [0.15, 0.2) is 0 Å². The molecule has 95 valence electrons. The van der Waals surface area contributed by atoms with Gasteiger partial charge in [0.2, 0.25) is 0 Å². The minimum atomic E-state index is 0.831. The van der Waals surface area contributed by atoms with Crippen LogP contribution in [0, 0.1) is 6.92 Å². The fourth-order valence-corrected chi connectivity index (χ4v) is 1.96. The van der Waals surface area contributed by atoms with Crippen molar-refractivity contribution in [1.82, 2.24) is 0 Å². The maximum absolute atomic E-state index is 5.36. The molecule has 0 saturated carbocycles. The fourth-order valence-electron chi connectivity index (χ4n) is 1.96. The molecule has 0 amide bonds. The topological polar surface area (TPSA) is 12.5 Å². The molecule has 1 aromatic carbocycles. The number of hydrogen-bond donors (Lipinski definition) is 0. The molecule has 2 rings (SSSR count). The first-order valence-corrected chi connectivity index (χ1v) is 6.45. The zero-order valence-corrected chi connectivity index (χ0v) is 10.7. The molecule has 0 N–H and O–H groups in total. The Labute approximate surface area is 110 Å². The van der Waals surface area contributed by atoms with Gasteiger partial charge in [0, 0.05) is 18.8 Å². The van der Waals surface area contributed by atoms with Crippen molar-refractivity contribution in [1.29, 1.82) is 0 Å². The van der Waals surface area contributed by atoms with Crippen molar-refractivity contribution in [3.63, 3.8) is 0 Å². The molecule has 0 aliphatic carbocycles. The lowest BCUT2D eigenvalue weighted by atomic mass is 10.1. The molecule has 0 bridgehead atoms. The van der Waals surface area contributed by atoms with Crippen LogP contribution in [0.15, 0.2) is 42.5 Å². The molecule has 1 aliphatic heterocycles. The minimum Gasteiger partial charge on any atom is -0.378 e. The minimum absolute atomic E-state index is 0.831. The predicted molar refractivity (Wildman–Crippen MR) is 77.6 cm³/mol. The Hall–Kier alpha value is -1.54. The maximum Gasteiger partial charge on any atom is 0.0642 e. The third kappa shape index (κ3) is 3.74. The number of hydrogen-bond acceptors (Lipinski definition) is 2. The molecule has 18 heavy (non-hydrogen) atoms. The van der Waals surface area contributed by atoms with Crippen LogP contribution < -0.4 is 4.90 Å². The Morgan fingerprint density at radius 1 is 1.11 bits per heavy atom. The van der Waals surface area contributed by atoms with Crippen LogP contribution in [-0.4, -0.2) is 26.3 Å². The number of morpholine rings is 1. The van der Waals surface area contributed by atoms with Crippen LogP contribution in [0.2, 0.25) is 0 Å². The van der Waals surface area contributed by atoms with Gasteiger partial charge in [0.1, 0.15) is 0 Å². The largest absolute Gasteiger partial charge is 0.378 e. The van der Waals surface area contributed by atoms with Gasteiger partial charge >= 0.3 is 0 Å². The number of anilines is 1. The summed E-state index contributed by atoms with van der Waals surface area (Å²) >= 11 is 0. The molecular weight excluding hydrogens is 222 g/mol.